The Morgan fingerprint density at radius 3 is 2.48 bits per heavy atom. The number of aryl methyl sites for hydroxylation is 1. The number of nitrogens with two attached hydrogens (primary N) is 1. The number of nitrogen functional groups attached to an aromatic ring is 1. The van der Waals surface area contributed by atoms with Gasteiger partial charge < -0.3 is 10.5 Å². The smallest absolute Gasteiger partial charge is 0.292 e. The second-order valence-corrected chi connectivity index (χ2v) is 5.28. The Kier molecular flexibility index (Phi) is 4.12. The summed E-state index contributed by atoms with van der Waals surface area (Å²) in [7, 11) is 0. The quantitative estimate of drug-likeness (QED) is 0.513. The predicted octanol–water partition coefficient (Wildman–Crippen LogP) is 4.40. The first-order chi connectivity index (χ1) is 9.88. The molecule has 110 valence electrons. The summed E-state index contributed by atoms with van der Waals surface area (Å²) in [5.41, 5.74) is 7.83. The van der Waals surface area contributed by atoms with Crippen LogP contribution in [0.4, 0.5) is 11.4 Å². The van der Waals surface area contributed by atoms with E-state index in [4.69, 9.17) is 10.5 Å². The zero-order valence-corrected chi connectivity index (χ0v) is 12.3. The van der Waals surface area contributed by atoms with Crippen LogP contribution in [0.3, 0.4) is 0 Å². The number of benzene rings is 2. The lowest BCUT2D eigenvalue weighted by Gasteiger charge is -2.14. The Bertz CT molecular complexity index is 681. The molecule has 0 aromatic heterocycles. The summed E-state index contributed by atoms with van der Waals surface area (Å²) < 4.78 is 5.86. The Labute approximate surface area is 123 Å². The summed E-state index contributed by atoms with van der Waals surface area (Å²) in [6.07, 6.45) is 0. The highest BCUT2D eigenvalue weighted by atomic mass is 16.6. The summed E-state index contributed by atoms with van der Waals surface area (Å²) in [6.45, 7) is 6.16. The molecule has 0 amide bonds. The van der Waals surface area contributed by atoms with Crippen LogP contribution in [0.2, 0.25) is 0 Å². The third-order valence-corrected chi connectivity index (χ3v) is 3.21. The topological polar surface area (TPSA) is 78.4 Å². The molecule has 2 aromatic carbocycles. The van der Waals surface area contributed by atoms with Crippen LogP contribution in [0.5, 0.6) is 11.5 Å². The van der Waals surface area contributed by atoms with Gasteiger partial charge in [0.1, 0.15) is 17.2 Å². The molecule has 0 aliphatic rings. The van der Waals surface area contributed by atoms with Gasteiger partial charge in [0.15, 0.2) is 0 Å². The number of anilines is 1. The van der Waals surface area contributed by atoms with E-state index < -0.39 is 4.92 Å². The molecular formula is C16H18N2O3. The van der Waals surface area contributed by atoms with Crippen molar-refractivity contribution in [1.29, 1.82) is 0 Å². The van der Waals surface area contributed by atoms with E-state index in [1.54, 1.807) is 6.07 Å². The minimum atomic E-state index is -0.509. The fourth-order valence-electron chi connectivity index (χ4n) is 2.10. The van der Waals surface area contributed by atoms with Crippen LogP contribution in [0, 0.1) is 17.0 Å². The molecule has 0 spiro atoms. The fourth-order valence-corrected chi connectivity index (χ4v) is 2.10. The van der Waals surface area contributed by atoms with Gasteiger partial charge in [-0.25, -0.2) is 0 Å². The zero-order valence-electron chi connectivity index (χ0n) is 12.3. The van der Waals surface area contributed by atoms with Crippen molar-refractivity contribution in [3.63, 3.8) is 0 Å². The summed E-state index contributed by atoms with van der Waals surface area (Å²) in [5, 5.41) is 10.8. The second kappa shape index (κ2) is 5.83. The number of hydrogen-bond donors (Lipinski definition) is 1. The lowest BCUT2D eigenvalue weighted by molar-refractivity contribution is -0.383. The molecule has 0 atom stereocenters. The van der Waals surface area contributed by atoms with Crippen LogP contribution in [-0.2, 0) is 0 Å². The molecule has 0 saturated heterocycles. The van der Waals surface area contributed by atoms with Crippen LogP contribution >= 0.6 is 0 Å². The molecule has 2 aromatic rings. The lowest BCUT2D eigenvalue weighted by atomic mass is 10.0. The molecule has 0 aliphatic heterocycles. The van der Waals surface area contributed by atoms with Crippen molar-refractivity contribution < 1.29 is 9.66 Å². The van der Waals surface area contributed by atoms with E-state index in [9.17, 15) is 10.1 Å². The summed E-state index contributed by atoms with van der Waals surface area (Å²) in [4.78, 5) is 10.3. The number of nitrogens with zero attached hydrogens (tertiary/aromatic N) is 1. The Morgan fingerprint density at radius 2 is 1.90 bits per heavy atom. The molecule has 2 rings (SSSR count). The Hall–Kier alpha value is -2.56. The third kappa shape index (κ3) is 3.31. The summed E-state index contributed by atoms with van der Waals surface area (Å²) >= 11 is 0. The lowest BCUT2D eigenvalue weighted by Crippen LogP contribution is -1.98. The molecule has 5 nitrogen and oxygen atoms in total. The van der Waals surface area contributed by atoms with Crippen LogP contribution in [-0.4, -0.2) is 4.92 Å². The average molecular weight is 286 g/mol. The van der Waals surface area contributed by atoms with Crippen molar-refractivity contribution in [3.8, 4) is 11.5 Å². The van der Waals surface area contributed by atoms with Crippen LogP contribution < -0.4 is 10.5 Å². The minimum Gasteiger partial charge on any atom is -0.457 e. The van der Waals surface area contributed by atoms with Gasteiger partial charge >= 0.3 is 0 Å². The van der Waals surface area contributed by atoms with Gasteiger partial charge in [-0.2, -0.15) is 0 Å². The van der Waals surface area contributed by atoms with E-state index in [0.717, 1.165) is 16.9 Å². The molecule has 0 aliphatic carbocycles. The number of nitro groups is 1. The first kappa shape index (κ1) is 14.8. The summed E-state index contributed by atoms with van der Waals surface area (Å²) in [6, 6.07) is 10.4. The minimum absolute atomic E-state index is 0.0938. The molecule has 5 heteroatoms. The first-order valence-electron chi connectivity index (χ1n) is 6.71. The molecule has 0 unspecified atom stereocenters. The maximum absolute atomic E-state index is 10.8. The highest BCUT2D eigenvalue weighted by Gasteiger charge is 2.14. The van der Waals surface area contributed by atoms with Gasteiger partial charge in [-0.1, -0.05) is 26.0 Å². The predicted molar refractivity (Wildman–Crippen MR) is 82.9 cm³/mol. The van der Waals surface area contributed by atoms with Crippen molar-refractivity contribution in [2.24, 2.45) is 0 Å². The van der Waals surface area contributed by atoms with Crippen LogP contribution in [0.1, 0.15) is 30.9 Å². The zero-order chi connectivity index (χ0) is 15.6. The third-order valence-electron chi connectivity index (χ3n) is 3.21. The van der Waals surface area contributed by atoms with Gasteiger partial charge in [0, 0.05) is 12.1 Å². The van der Waals surface area contributed by atoms with E-state index in [0.29, 0.717) is 11.7 Å². The number of ether oxygens (including phenoxy) is 1. The van der Waals surface area contributed by atoms with Crippen molar-refractivity contribution in [3.05, 3.63) is 57.6 Å². The number of nitro benzene ring substituents is 1. The Balaban J connectivity index is 2.36. The van der Waals surface area contributed by atoms with E-state index in [-0.39, 0.29) is 11.4 Å². The van der Waals surface area contributed by atoms with E-state index >= 15 is 0 Å². The maximum atomic E-state index is 10.8. The molecular weight excluding hydrogens is 268 g/mol. The van der Waals surface area contributed by atoms with Crippen molar-refractivity contribution >= 4 is 11.4 Å². The maximum Gasteiger partial charge on any atom is 0.292 e. The molecule has 21 heavy (non-hydrogen) atoms. The van der Waals surface area contributed by atoms with E-state index in [2.05, 4.69) is 13.8 Å². The second-order valence-electron chi connectivity index (χ2n) is 5.28. The standard InChI is InChI=1S/C16H18N2O3/c1-10(2)13-6-4-11(3)8-16(13)21-12-5-7-15(18(19)20)14(17)9-12/h4-10H,17H2,1-3H3. The van der Waals surface area contributed by atoms with Gasteiger partial charge in [-0.15, -0.1) is 0 Å². The van der Waals surface area contributed by atoms with Gasteiger partial charge in [0.25, 0.3) is 5.69 Å². The van der Waals surface area contributed by atoms with Crippen molar-refractivity contribution in [2.45, 2.75) is 26.7 Å². The highest BCUT2D eigenvalue weighted by Crippen LogP contribution is 2.34. The Morgan fingerprint density at radius 1 is 1.19 bits per heavy atom. The summed E-state index contributed by atoms with van der Waals surface area (Å²) in [5.74, 6) is 1.56. The van der Waals surface area contributed by atoms with E-state index in [1.807, 2.05) is 25.1 Å². The monoisotopic (exact) mass is 286 g/mol. The van der Waals surface area contributed by atoms with Gasteiger partial charge in [-0.05, 0) is 36.1 Å². The normalized spacial score (nSPS) is 10.7. The largest absolute Gasteiger partial charge is 0.457 e. The molecule has 0 bridgehead atoms. The number of hydrogen-bond acceptors (Lipinski definition) is 4. The average Bonchev–Trinajstić information content (AvgIpc) is 2.37. The molecule has 2 N–H and O–H groups in total. The number of rotatable bonds is 4. The molecule has 0 radical (unpaired) electrons. The molecule has 0 heterocycles. The van der Waals surface area contributed by atoms with Gasteiger partial charge in [0.2, 0.25) is 0 Å². The van der Waals surface area contributed by atoms with Crippen molar-refractivity contribution in [1.82, 2.24) is 0 Å². The SMILES string of the molecule is Cc1ccc(C(C)C)c(Oc2ccc([N+](=O)[O-])c(N)c2)c1. The van der Waals surface area contributed by atoms with Gasteiger partial charge in [-0.3, -0.25) is 10.1 Å². The van der Waals surface area contributed by atoms with E-state index in [1.165, 1.54) is 12.1 Å². The first-order valence-corrected chi connectivity index (χ1v) is 6.71. The molecule has 0 saturated carbocycles. The highest BCUT2D eigenvalue weighted by molar-refractivity contribution is 5.61. The molecule has 0 fully saturated rings. The van der Waals surface area contributed by atoms with Gasteiger partial charge in [0.05, 0.1) is 4.92 Å². The fraction of sp³-hybridized carbons (Fsp3) is 0.250. The van der Waals surface area contributed by atoms with Crippen LogP contribution in [0.15, 0.2) is 36.4 Å². The van der Waals surface area contributed by atoms with Crippen LogP contribution in [0.25, 0.3) is 0 Å². The van der Waals surface area contributed by atoms with Crippen molar-refractivity contribution in [2.75, 3.05) is 5.73 Å².